The van der Waals surface area contributed by atoms with Crippen LogP contribution in [0, 0.1) is 13.8 Å². The second-order valence-corrected chi connectivity index (χ2v) is 9.28. The summed E-state index contributed by atoms with van der Waals surface area (Å²) < 4.78 is 2.33. The topological polar surface area (TPSA) is 33.1 Å². The minimum Gasteiger partial charge on any atom is -0.352 e. The summed E-state index contributed by atoms with van der Waals surface area (Å²) in [6, 6.07) is 17.9. The molecule has 0 amide bonds. The van der Waals surface area contributed by atoms with Crippen LogP contribution in [0.25, 0.3) is 5.69 Å². The minimum atomic E-state index is 0.0378. The van der Waals surface area contributed by atoms with Gasteiger partial charge < -0.3 is 14.8 Å². The lowest BCUT2D eigenvalue weighted by Gasteiger charge is -2.37. The Morgan fingerprint density at radius 3 is 2.55 bits per heavy atom. The zero-order valence-electron chi connectivity index (χ0n) is 18.3. The molecular weight excluding hydrogens is 400 g/mol. The number of nitrogens with one attached hydrogen (secondary N) is 1. The van der Waals surface area contributed by atoms with Crippen molar-refractivity contribution in [1.29, 1.82) is 0 Å². The summed E-state index contributed by atoms with van der Waals surface area (Å²) in [4.78, 5) is 7.19. The molecule has 2 aliphatic rings. The minimum absolute atomic E-state index is 0.0378. The van der Waals surface area contributed by atoms with E-state index in [1.54, 1.807) is 0 Å². The van der Waals surface area contributed by atoms with Crippen molar-refractivity contribution in [3.63, 3.8) is 0 Å². The van der Waals surface area contributed by atoms with E-state index in [-0.39, 0.29) is 12.1 Å². The van der Waals surface area contributed by atoms with Crippen LogP contribution in [0.1, 0.15) is 66.7 Å². The normalized spacial score (nSPS) is 22.0. The number of rotatable bonds is 4. The Labute approximate surface area is 190 Å². The van der Waals surface area contributed by atoms with Gasteiger partial charge in [0.25, 0.3) is 0 Å². The lowest BCUT2D eigenvalue weighted by Crippen LogP contribution is -2.40. The van der Waals surface area contributed by atoms with E-state index in [0.717, 1.165) is 10.8 Å². The predicted octanol–water partition coefficient (Wildman–Crippen LogP) is 5.79. The van der Waals surface area contributed by atoms with Crippen molar-refractivity contribution in [1.82, 2.24) is 19.8 Å². The molecule has 3 heterocycles. The molecule has 4 nitrogen and oxygen atoms in total. The van der Waals surface area contributed by atoms with Crippen LogP contribution in [0.2, 0.25) is 0 Å². The number of aryl methyl sites for hydroxylation is 2. The summed E-state index contributed by atoms with van der Waals surface area (Å²) in [6.07, 6.45) is 10.4. The van der Waals surface area contributed by atoms with E-state index in [1.165, 1.54) is 54.6 Å². The fourth-order valence-electron chi connectivity index (χ4n) is 5.18. The fraction of sp³-hybridized carbons (Fsp3) is 0.385. The van der Waals surface area contributed by atoms with E-state index in [4.69, 9.17) is 17.2 Å². The van der Waals surface area contributed by atoms with E-state index in [2.05, 4.69) is 77.3 Å². The molecule has 5 heteroatoms. The molecule has 1 saturated carbocycles. The van der Waals surface area contributed by atoms with Crippen molar-refractivity contribution in [3.8, 4) is 5.69 Å². The molecule has 1 saturated heterocycles. The molecule has 2 atom stereocenters. The van der Waals surface area contributed by atoms with Gasteiger partial charge in [-0.3, -0.25) is 4.98 Å². The first-order valence-electron chi connectivity index (χ1n) is 11.4. The van der Waals surface area contributed by atoms with Gasteiger partial charge in [-0.1, -0.05) is 31.4 Å². The molecule has 1 N–H and O–H groups in total. The van der Waals surface area contributed by atoms with Gasteiger partial charge in [0.05, 0.1) is 17.8 Å². The molecule has 1 aliphatic heterocycles. The van der Waals surface area contributed by atoms with Gasteiger partial charge in [0, 0.05) is 29.8 Å². The highest BCUT2D eigenvalue weighted by molar-refractivity contribution is 7.80. The molecule has 5 rings (SSSR count). The smallest absolute Gasteiger partial charge is 0.170 e. The van der Waals surface area contributed by atoms with Crippen LogP contribution in [0.3, 0.4) is 0 Å². The predicted molar refractivity (Wildman–Crippen MR) is 129 cm³/mol. The highest BCUT2D eigenvalue weighted by atomic mass is 32.1. The SMILES string of the molecule is Cc1ccc(-n2cccc2[C@@H]2[C@H](c3ccccn3)NC(=S)N2C2CCCCC2)cc1C. The third-order valence-electron chi connectivity index (χ3n) is 6.96. The van der Waals surface area contributed by atoms with Crippen LogP contribution < -0.4 is 5.32 Å². The first kappa shape index (κ1) is 20.3. The Hall–Kier alpha value is -2.66. The van der Waals surface area contributed by atoms with E-state index in [0.29, 0.717) is 6.04 Å². The molecule has 0 unspecified atom stereocenters. The molecule has 1 aromatic carbocycles. The molecule has 2 aromatic heterocycles. The number of aromatic nitrogens is 2. The number of benzene rings is 1. The first-order valence-corrected chi connectivity index (χ1v) is 11.8. The Balaban J connectivity index is 1.61. The van der Waals surface area contributed by atoms with Crippen molar-refractivity contribution in [2.45, 2.75) is 64.1 Å². The van der Waals surface area contributed by atoms with Crippen molar-refractivity contribution in [2.24, 2.45) is 0 Å². The summed E-state index contributed by atoms with van der Waals surface area (Å²) in [5, 5.41) is 4.50. The van der Waals surface area contributed by atoms with Crippen molar-refractivity contribution < 1.29 is 0 Å². The van der Waals surface area contributed by atoms with Gasteiger partial charge in [-0.25, -0.2) is 0 Å². The first-order chi connectivity index (χ1) is 15.1. The van der Waals surface area contributed by atoms with E-state index < -0.39 is 0 Å². The quantitative estimate of drug-likeness (QED) is 0.531. The molecule has 2 fully saturated rings. The summed E-state index contributed by atoms with van der Waals surface area (Å²) in [5.74, 6) is 0. The number of nitrogens with zero attached hydrogens (tertiary/aromatic N) is 3. The van der Waals surface area contributed by atoms with Crippen LogP contribution in [0.15, 0.2) is 60.9 Å². The molecule has 0 spiro atoms. The van der Waals surface area contributed by atoms with Gasteiger partial charge in [-0.2, -0.15) is 0 Å². The average Bonchev–Trinajstić information content (AvgIpc) is 3.41. The molecule has 0 radical (unpaired) electrons. The zero-order valence-corrected chi connectivity index (χ0v) is 19.1. The lowest BCUT2D eigenvalue weighted by molar-refractivity contribution is 0.193. The van der Waals surface area contributed by atoms with E-state index in [9.17, 15) is 0 Å². The standard InChI is InChI=1S/C26H30N4S/c1-18-13-14-21(17-19(18)2)29-16-8-12-23(29)25-24(22-11-6-7-15-27-22)28-26(31)30(25)20-9-4-3-5-10-20/h6-8,11-17,20,24-25H,3-5,9-10H2,1-2H3,(H,28,31)/t24-,25+/m0/s1. The fourth-order valence-corrected chi connectivity index (χ4v) is 5.57. The second kappa shape index (κ2) is 8.46. The summed E-state index contributed by atoms with van der Waals surface area (Å²) in [6.45, 7) is 4.34. The summed E-state index contributed by atoms with van der Waals surface area (Å²) >= 11 is 5.93. The van der Waals surface area contributed by atoms with Gasteiger partial charge in [0.15, 0.2) is 5.11 Å². The third-order valence-corrected chi connectivity index (χ3v) is 7.28. The number of pyridine rings is 1. The Bertz CT molecular complexity index is 1070. The van der Waals surface area contributed by atoms with Crippen molar-refractivity contribution >= 4 is 17.3 Å². The van der Waals surface area contributed by atoms with E-state index >= 15 is 0 Å². The van der Waals surface area contributed by atoms with Gasteiger partial charge in [0.2, 0.25) is 0 Å². The van der Waals surface area contributed by atoms with Gasteiger partial charge in [-0.05, 0) is 86.4 Å². The maximum Gasteiger partial charge on any atom is 0.170 e. The van der Waals surface area contributed by atoms with Crippen LogP contribution >= 0.6 is 12.2 Å². The van der Waals surface area contributed by atoms with Crippen LogP contribution in [-0.2, 0) is 0 Å². The third kappa shape index (κ3) is 3.76. The Morgan fingerprint density at radius 1 is 0.968 bits per heavy atom. The molecule has 0 bridgehead atoms. The van der Waals surface area contributed by atoms with Crippen molar-refractivity contribution in [2.75, 3.05) is 0 Å². The number of hydrogen-bond donors (Lipinski definition) is 1. The molecule has 1 aliphatic carbocycles. The average molecular weight is 431 g/mol. The molecular formula is C26H30N4S. The maximum atomic E-state index is 5.93. The van der Waals surface area contributed by atoms with E-state index in [1.807, 2.05) is 12.3 Å². The van der Waals surface area contributed by atoms with Crippen LogP contribution in [-0.4, -0.2) is 25.6 Å². The van der Waals surface area contributed by atoms with Crippen molar-refractivity contribution in [3.05, 3.63) is 83.4 Å². The monoisotopic (exact) mass is 430 g/mol. The Morgan fingerprint density at radius 2 is 1.81 bits per heavy atom. The zero-order chi connectivity index (χ0) is 21.4. The molecule has 160 valence electrons. The molecule has 3 aromatic rings. The Kier molecular flexibility index (Phi) is 5.53. The largest absolute Gasteiger partial charge is 0.352 e. The molecule has 31 heavy (non-hydrogen) atoms. The van der Waals surface area contributed by atoms with Gasteiger partial charge in [-0.15, -0.1) is 0 Å². The van der Waals surface area contributed by atoms with Crippen LogP contribution in [0.5, 0.6) is 0 Å². The van der Waals surface area contributed by atoms with Gasteiger partial charge >= 0.3 is 0 Å². The number of hydrogen-bond acceptors (Lipinski definition) is 2. The van der Waals surface area contributed by atoms with Crippen LogP contribution in [0.4, 0.5) is 0 Å². The maximum absolute atomic E-state index is 5.93. The highest BCUT2D eigenvalue weighted by Gasteiger charge is 2.44. The lowest BCUT2D eigenvalue weighted by atomic mass is 9.92. The van der Waals surface area contributed by atoms with Gasteiger partial charge in [0.1, 0.15) is 0 Å². The second-order valence-electron chi connectivity index (χ2n) is 8.90. The number of thiocarbonyl (C=S) groups is 1. The highest BCUT2D eigenvalue weighted by Crippen LogP contribution is 2.43. The summed E-state index contributed by atoms with van der Waals surface area (Å²) in [7, 11) is 0. The summed E-state index contributed by atoms with van der Waals surface area (Å²) in [5.41, 5.74) is 6.13.